The standard InChI is InChI=1S/C18H24N4/c1-13-14(2)20-18-16(6-5-7-17(13)18)12-21(3)9-8-15-10-19-22(4)11-15/h5-7,10-11,20H,8-9,12H2,1-4H3. The van der Waals surface area contributed by atoms with Gasteiger partial charge in [0.25, 0.3) is 0 Å². The number of likely N-dealkylation sites (N-methyl/N-ethyl adjacent to an activating group) is 1. The van der Waals surface area contributed by atoms with Gasteiger partial charge in [-0.25, -0.2) is 0 Å². The van der Waals surface area contributed by atoms with E-state index in [2.05, 4.69) is 60.3 Å². The summed E-state index contributed by atoms with van der Waals surface area (Å²) in [6, 6.07) is 6.58. The number of nitrogens with zero attached hydrogens (tertiary/aromatic N) is 3. The van der Waals surface area contributed by atoms with Crippen molar-refractivity contribution in [2.24, 2.45) is 7.05 Å². The smallest absolute Gasteiger partial charge is 0.0522 e. The molecule has 116 valence electrons. The van der Waals surface area contributed by atoms with E-state index in [0.29, 0.717) is 0 Å². The molecule has 0 saturated carbocycles. The van der Waals surface area contributed by atoms with Crippen LogP contribution in [-0.4, -0.2) is 33.3 Å². The maximum absolute atomic E-state index is 4.23. The Morgan fingerprint density at radius 3 is 2.82 bits per heavy atom. The predicted molar refractivity (Wildman–Crippen MR) is 91.0 cm³/mol. The molecule has 22 heavy (non-hydrogen) atoms. The quantitative estimate of drug-likeness (QED) is 0.785. The second kappa shape index (κ2) is 5.97. The van der Waals surface area contributed by atoms with Gasteiger partial charge in [-0.1, -0.05) is 18.2 Å². The van der Waals surface area contributed by atoms with Crippen LogP contribution in [0, 0.1) is 13.8 Å². The largest absolute Gasteiger partial charge is 0.358 e. The number of rotatable bonds is 5. The van der Waals surface area contributed by atoms with Crippen LogP contribution in [-0.2, 0) is 20.0 Å². The number of para-hydroxylation sites is 1. The van der Waals surface area contributed by atoms with Crippen molar-refractivity contribution in [3.8, 4) is 0 Å². The number of aromatic amines is 1. The SMILES string of the molecule is Cc1[nH]c2c(CN(C)CCc3cnn(C)c3)cccc2c1C. The van der Waals surface area contributed by atoms with Crippen molar-refractivity contribution in [3.63, 3.8) is 0 Å². The van der Waals surface area contributed by atoms with Crippen molar-refractivity contribution in [1.29, 1.82) is 0 Å². The molecule has 0 saturated heterocycles. The van der Waals surface area contributed by atoms with Crippen LogP contribution in [0.4, 0.5) is 0 Å². The van der Waals surface area contributed by atoms with Gasteiger partial charge in [0.2, 0.25) is 0 Å². The van der Waals surface area contributed by atoms with E-state index in [1.807, 2.05) is 17.9 Å². The van der Waals surface area contributed by atoms with Crippen LogP contribution in [0.3, 0.4) is 0 Å². The molecule has 0 aliphatic heterocycles. The van der Waals surface area contributed by atoms with E-state index >= 15 is 0 Å². The summed E-state index contributed by atoms with van der Waals surface area (Å²) in [6.07, 6.45) is 5.07. The molecule has 4 nitrogen and oxygen atoms in total. The molecular weight excluding hydrogens is 272 g/mol. The van der Waals surface area contributed by atoms with Crippen molar-refractivity contribution in [1.82, 2.24) is 19.7 Å². The topological polar surface area (TPSA) is 36.9 Å². The first kappa shape index (κ1) is 14.9. The average Bonchev–Trinajstić information content (AvgIpc) is 3.03. The van der Waals surface area contributed by atoms with Gasteiger partial charge in [0.1, 0.15) is 0 Å². The number of aromatic nitrogens is 3. The third-order valence-electron chi connectivity index (χ3n) is 4.41. The van der Waals surface area contributed by atoms with E-state index in [0.717, 1.165) is 19.5 Å². The van der Waals surface area contributed by atoms with E-state index in [1.54, 1.807) is 0 Å². The second-order valence-electron chi connectivity index (χ2n) is 6.22. The zero-order chi connectivity index (χ0) is 15.7. The second-order valence-corrected chi connectivity index (χ2v) is 6.22. The van der Waals surface area contributed by atoms with Gasteiger partial charge >= 0.3 is 0 Å². The van der Waals surface area contributed by atoms with Crippen molar-refractivity contribution in [2.75, 3.05) is 13.6 Å². The maximum Gasteiger partial charge on any atom is 0.0522 e. The van der Waals surface area contributed by atoms with Gasteiger partial charge in [-0.2, -0.15) is 5.10 Å². The first-order chi connectivity index (χ1) is 10.5. The van der Waals surface area contributed by atoms with Gasteiger partial charge in [0.15, 0.2) is 0 Å². The molecule has 1 N–H and O–H groups in total. The molecule has 0 unspecified atom stereocenters. The third-order valence-corrected chi connectivity index (χ3v) is 4.41. The lowest BCUT2D eigenvalue weighted by Crippen LogP contribution is -2.20. The Morgan fingerprint density at radius 1 is 1.27 bits per heavy atom. The summed E-state index contributed by atoms with van der Waals surface area (Å²) in [5, 5.41) is 5.57. The molecule has 0 bridgehead atoms. The van der Waals surface area contributed by atoms with Gasteiger partial charge in [-0.05, 0) is 44.0 Å². The highest BCUT2D eigenvalue weighted by Gasteiger charge is 2.10. The molecule has 1 aromatic carbocycles. The molecule has 0 amide bonds. The number of fused-ring (bicyclic) bond motifs is 1. The van der Waals surface area contributed by atoms with Gasteiger partial charge in [0, 0.05) is 37.4 Å². The lowest BCUT2D eigenvalue weighted by Gasteiger charge is -2.16. The zero-order valence-electron chi connectivity index (χ0n) is 13.8. The van der Waals surface area contributed by atoms with Gasteiger partial charge in [-0.15, -0.1) is 0 Å². The summed E-state index contributed by atoms with van der Waals surface area (Å²) in [6.45, 7) is 6.31. The summed E-state index contributed by atoms with van der Waals surface area (Å²) >= 11 is 0. The molecule has 0 atom stereocenters. The Morgan fingerprint density at radius 2 is 2.09 bits per heavy atom. The van der Waals surface area contributed by atoms with Crippen LogP contribution in [0.25, 0.3) is 10.9 Å². The van der Waals surface area contributed by atoms with E-state index in [-0.39, 0.29) is 0 Å². The molecule has 3 aromatic rings. The number of aryl methyl sites for hydroxylation is 3. The maximum atomic E-state index is 4.23. The Hall–Kier alpha value is -2.07. The molecule has 0 radical (unpaired) electrons. The van der Waals surface area contributed by atoms with Gasteiger partial charge in [0.05, 0.1) is 11.7 Å². The molecule has 0 spiro atoms. The molecule has 0 fully saturated rings. The lowest BCUT2D eigenvalue weighted by atomic mass is 10.1. The molecule has 0 aliphatic rings. The Kier molecular flexibility index (Phi) is 4.03. The molecule has 4 heteroatoms. The molecule has 2 aromatic heterocycles. The minimum Gasteiger partial charge on any atom is -0.358 e. The molecule has 0 aliphatic carbocycles. The summed E-state index contributed by atoms with van der Waals surface area (Å²) < 4.78 is 1.86. The first-order valence-electron chi connectivity index (χ1n) is 7.77. The van der Waals surface area contributed by atoms with E-state index in [1.165, 1.54) is 33.3 Å². The third kappa shape index (κ3) is 2.92. The predicted octanol–water partition coefficient (Wildman–Crippen LogP) is 3.19. The van der Waals surface area contributed by atoms with E-state index < -0.39 is 0 Å². The highest BCUT2D eigenvalue weighted by Crippen LogP contribution is 2.24. The number of benzene rings is 1. The van der Waals surface area contributed by atoms with Crippen molar-refractivity contribution in [3.05, 3.63) is 53.0 Å². The fourth-order valence-corrected chi connectivity index (χ4v) is 2.97. The minimum absolute atomic E-state index is 0.955. The number of hydrogen-bond donors (Lipinski definition) is 1. The minimum atomic E-state index is 0.955. The summed E-state index contributed by atoms with van der Waals surface area (Å²) in [5.74, 6) is 0. The van der Waals surface area contributed by atoms with Gasteiger partial charge in [-0.3, -0.25) is 4.68 Å². The highest BCUT2D eigenvalue weighted by molar-refractivity contribution is 5.87. The summed E-state index contributed by atoms with van der Waals surface area (Å²) in [4.78, 5) is 5.91. The Labute approximate surface area is 131 Å². The monoisotopic (exact) mass is 296 g/mol. The highest BCUT2D eigenvalue weighted by atomic mass is 15.2. The Bertz CT molecular complexity index is 782. The summed E-state index contributed by atoms with van der Waals surface area (Å²) in [7, 11) is 4.14. The zero-order valence-corrected chi connectivity index (χ0v) is 13.8. The van der Waals surface area contributed by atoms with E-state index in [4.69, 9.17) is 0 Å². The van der Waals surface area contributed by atoms with Crippen LogP contribution < -0.4 is 0 Å². The van der Waals surface area contributed by atoms with Gasteiger partial charge < -0.3 is 9.88 Å². The van der Waals surface area contributed by atoms with Crippen LogP contribution in [0.1, 0.15) is 22.4 Å². The number of nitrogens with one attached hydrogen (secondary N) is 1. The Balaban J connectivity index is 1.71. The van der Waals surface area contributed by atoms with Crippen molar-refractivity contribution in [2.45, 2.75) is 26.8 Å². The molecular formula is C18H24N4. The summed E-state index contributed by atoms with van der Waals surface area (Å²) in [5.41, 5.74) is 6.56. The van der Waals surface area contributed by atoms with Crippen molar-refractivity contribution < 1.29 is 0 Å². The molecule has 3 rings (SSSR count). The van der Waals surface area contributed by atoms with E-state index in [9.17, 15) is 0 Å². The first-order valence-corrected chi connectivity index (χ1v) is 7.77. The lowest BCUT2D eigenvalue weighted by molar-refractivity contribution is 0.332. The fourth-order valence-electron chi connectivity index (χ4n) is 2.97. The number of hydrogen-bond acceptors (Lipinski definition) is 2. The van der Waals surface area contributed by atoms with Crippen LogP contribution in [0.2, 0.25) is 0 Å². The molecule has 2 heterocycles. The fraction of sp³-hybridized carbons (Fsp3) is 0.389. The average molecular weight is 296 g/mol. The normalized spacial score (nSPS) is 11.7. The van der Waals surface area contributed by atoms with Crippen LogP contribution in [0.15, 0.2) is 30.6 Å². The van der Waals surface area contributed by atoms with Crippen LogP contribution >= 0.6 is 0 Å². The van der Waals surface area contributed by atoms with Crippen LogP contribution in [0.5, 0.6) is 0 Å². The van der Waals surface area contributed by atoms with Crippen molar-refractivity contribution >= 4 is 10.9 Å². The number of H-pyrrole nitrogens is 1.